The van der Waals surface area contributed by atoms with Gasteiger partial charge in [-0.3, -0.25) is 10.1 Å². The molecule has 0 aliphatic carbocycles. The van der Waals surface area contributed by atoms with E-state index in [0.29, 0.717) is 5.56 Å². The van der Waals surface area contributed by atoms with Crippen molar-refractivity contribution >= 4 is 28.9 Å². The summed E-state index contributed by atoms with van der Waals surface area (Å²) in [4.78, 5) is 9.98. The molecule has 1 aromatic carbocycles. The Labute approximate surface area is 103 Å². The zero-order valence-corrected chi connectivity index (χ0v) is 10.1. The first-order valence-electron chi connectivity index (χ1n) is 4.35. The van der Waals surface area contributed by atoms with Crippen molar-refractivity contribution in [2.75, 3.05) is 0 Å². The summed E-state index contributed by atoms with van der Waals surface area (Å²) in [5.41, 5.74) is -0.667. The van der Waals surface area contributed by atoms with Gasteiger partial charge in [-0.15, -0.1) is 0 Å². The monoisotopic (exact) mass is 258 g/mol. The highest BCUT2D eigenvalue weighted by Crippen LogP contribution is 2.38. The lowest BCUT2D eigenvalue weighted by Crippen LogP contribution is -2.15. The molecule has 0 aliphatic rings. The van der Waals surface area contributed by atoms with Crippen LogP contribution in [-0.4, -0.2) is 4.92 Å². The Bertz CT molecular complexity index is 469. The number of hydrogen-bond acceptors (Lipinski definition) is 3. The fraction of sp³-hybridized carbons (Fsp3) is 0.300. The molecule has 0 amide bonds. The van der Waals surface area contributed by atoms with Gasteiger partial charge in [0, 0.05) is 17.7 Å². The number of nitro benzene ring substituents is 1. The second kappa shape index (κ2) is 4.28. The molecule has 1 rings (SSSR count). The van der Waals surface area contributed by atoms with Gasteiger partial charge in [-0.1, -0.05) is 23.2 Å². The van der Waals surface area contributed by atoms with Crippen molar-refractivity contribution in [3.05, 3.63) is 37.9 Å². The van der Waals surface area contributed by atoms with Crippen LogP contribution in [-0.2, 0) is 5.41 Å². The number of nitriles is 1. The number of hydrogen-bond donors (Lipinski definition) is 0. The van der Waals surface area contributed by atoms with E-state index in [1.807, 2.05) is 6.07 Å². The zero-order chi connectivity index (χ0) is 12.5. The molecule has 0 N–H and O–H groups in total. The topological polar surface area (TPSA) is 66.9 Å². The summed E-state index contributed by atoms with van der Waals surface area (Å²) in [5, 5.41) is 19.8. The van der Waals surface area contributed by atoms with E-state index in [0.717, 1.165) is 0 Å². The smallest absolute Gasteiger partial charge is 0.258 e. The minimum atomic E-state index is -0.886. The summed E-state index contributed by atoms with van der Waals surface area (Å²) in [6.07, 6.45) is 0. The average molecular weight is 259 g/mol. The molecular weight excluding hydrogens is 251 g/mol. The minimum Gasteiger partial charge on any atom is -0.258 e. The van der Waals surface area contributed by atoms with E-state index in [1.54, 1.807) is 13.8 Å². The lowest BCUT2D eigenvalue weighted by atomic mass is 9.86. The third-order valence-electron chi connectivity index (χ3n) is 2.14. The Morgan fingerprint density at radius 3 is 2.12 bits per heavy atom. The van der Waals surface area contributed by atoms with Gasteiger partial charge >= 0.3 is 0 Å². The van der Waals surface area contributed by atoms with E-state index in [-0.39, 0.29) is 15.7 Å². The molecule has 1 aromatic rings. The molecule has 0 bridgehead atoms. The van der Waals surface area contributed by atoms with Crippen LogP contribution in [0.2, 0.25) is 10.0 Å². The number of nitro groups is 1. The maximum Gasteiger partial charge on any atom is 0.272 e. The van der Waals surface area contributed by atoms with E-state index in [1.165, 1.54) is 12.1 Å². The standard InChI is InChI=1S/C10H8Cl2N2O2/c1-10(2,5-13)9-7(11)3-6(14(15)16)4-8(9)12/h3-4H,1-2H3. The molecule has 0 saturated heterocycles. The molecule has 84 valence electrons. The Morgan fingerprint density at radius 2 is 1.81 bits per heavy atom. The van der Waals surface area contributed by atoms with Crippen molar-refractivity contribution in [2.24, 2.45) is 0 Å². The molecule has 6 heteroatoms. The van der Waals surface area contributed by atoms with Crippen LogP contribution < -0.4 is 0 Å². The first-order valence-corrected chi connectivity index (χ1v) is 5.10. The lowest BCUT2D eigenvalue weighted by molar-refractivity contribution is -0.384. The number of nitrogens with zero attached hydrogens (tertiary/aromatic N) is 2. The number of non-ortho nitro benzene ring substituents is 1. The lowest BCUT2D eigenvalue weighted by Gasteiger charge is -2.18. The molecule has 0 unspecified atom stereocenters. The number of rotatable bonds is 2. The van der Waals surface area contributed by atoms with Crippen molar-refractivity contribution in [3.8, 4) is 6.07 Å². The first kappa shape index (κ1) is 12.8. The molecule has 0 aliphatic heterocycles. The molecule has 0 fully saturated rings. The van der Waals surface area contributed by atoms with Crippen LogP contribution in [0.1, 0.15) is 19.4 Å². The molecule has 16 heavy (non-hydrogen) atoms. The number of benzene rings is 1. The van der Waals surface area contributed by atoms with Crippen LogP contribution in [0.4, 0.5) is 5.69 Å². The Balaban J connectivity index is 3.47. The minimum absolute atomic E-state index is 0.130. The fourth-order valence-corrected chi connectivity index (χ4v) is 2.27. The molecule has 0 heterocycles. The highest BCUT2D eigenvalue weighted by Gasteiger charge is 2.27. The van der Waals surface area contributed by atoms with E-state index < -0.39 is 10.3 Å². The Morgan fingerprint density at radius 1 is 1.38 bits per heavy atom. The van der Waals surface area contributed by atoms with Gasteiger partial charge < -0.3 is 0 Å². The predicted molar refractivity (Wildman–Crippen MR) is 61.8 cm³/mol. The highest BCUT2D eigenvalue weighted by atomic mass is 35.5. The van der Waals surface area contributed by atoms with Crippen LogP contribution in [0.5, 0.6) is 0 Å². The van der Waals surface area contributed by atoms with Crippen molar-refractivity contribution in [2.45, 2.75) is 19.3 Å². The van der Waals surface area contributed by atoms with Crippen molar-refractivity contribution in [1.82, 2.24) is 0 Å². The van der Waals surface area contributed by atoms with Gasteiger partial charge in [0.2, 0.25) is 0 Å². The molecule has 0 aromatic heterocycles. The van der Waals surface area contributed by atoms with E-state index in [4.69, 9.17) is 28.5 Å². The van der Waals surface area contributed by atoms with Gasteiger partial charge in [-0.2, -0.15) is 5.26 Å². The summed E-state index contributed by atoms with van der Waals surface area (Å²) < 4.78 is 0. The Hall–Kier alpha value is -1.31. The molecular formula is C10H8Cl2N2O2. The normalized spacial score (nSPS) is 10.9. The first-order chi connectivity index (χ1) is 7.29. The maximum absolute atomic E-state index is 10.6. The Kier molecular flexibility index (Phi) is 3.41. The van der Waals surface area contributed by atoms with E-state index in [9.17, 15) is 10.1 Å². The van der Waals surface area contributed by atoms with E-state index >= 15 is 0 Å². The summed E-state index contributed by atoms with van der Waals surface area (Å²) in [6.45, 7) is 3.29. The van der Waals surface area contributed by atoms with Crippen LogP contribution in [0.25, 0.3) is 0 Å². The van der Waals surface area contributed by atoms with Gasteiger partial charge in [-0.05, 0) is 13.8 Å². The summed E-state index contributed by atoms with van der Waals surface area (Å²) >= 11 is 11.8. The quantitative estimate of drug-likeness (QED) is 0.600. The van der Waals surface area contributed by atoms with Crippen LogP contribution >= 0.6 is 23.2 Å². The van der Waals surface area contributed by atoms with Crippen LogP contribution in [0.15, 0.2) is 12.1 Å². The zero-order valence-electron chi connectivity index (χ0n) is 8.62. The molecule has 0 atom stereocenters. The second-order valence-electron chi connectivity index (χ2n) is 3.78. The third-order valence-corrected chi connectivity index (χ3v) is 2.74. The fourth-order valence-electron chi connectivity index (χ4n) is 1.32. The van der Waals surface area contributed by atoms with Gasteiger partial charge in [-0.25, -0.2) is 0 Å². The predicted octanol–water partition coefficient (Wildman–Crippen LogP) is 3.70. The van der Waals surface area contributed by atoms with Gasteiger partial charge in [0.1, 0.15) is 0 Å². The van der Waals surface area contributed by atoms with Crippen LogP contribution in [0, 0.1) is 21.4 Å². The molecule has 0 saturated carbocycles. The average Bonchev–Trinajstić information content (AvgIpc) is 2.16. The van der Waals surface area contributed by atoms with E-state index in [2.05, 4.69) is 0 Å². The van der Waals surface area contributed by atoms with Gasteiger partial charge in [0.25, 0.3) is 5.69 Å². The molecule has 0 spiro atoms. The van der Waals surface area contributed by atoms with Crippen molar-refractivity contribution in [1.29, 1.82) is 5.26 Å². The SMILES string of the molecule is CC(C)(C#N)c1c(Cl)cc([N+](=O)[O-])cc1Cl. The molecule has 4 nitrogen and oxygen atoms in total. The van der Waals surface area contributed by atoms with Crippen molar-refractivity contribution < 1.29 is 4.92 Å². The van der Waals surface area contributed by atoms with Crippen molar-refractivity contribution in [3.63, 3.8) is 0 Å². The van der Waals surface area contributed by atoms with Crippen LogP contribution in [0.3, 0.4) is 0 Å². The summed E-state index contributed by atoms with van der Waals surface area (Å²) in [6, 6.07) is 4.44. The van der Waals surface area contributed by atoms with Gasteiger partial charge in [0.15, 0.2) is 0 Å². The number of halogens is 2. The maximum atomic E-state index is 10.6. The second-order valence-corrected chi connectivity index (χ2v) is 4.59. The highest BCUT2D eigenvalue weighted by molar-refractivity contribution is 6.36. The third kappa shape index (κ3) is 2.26. The summed E-state index contributed by atoms with van der Waals surface area (Å²) in [7, 11) is 0. The van der Waals surface area contributed by atoms with Gasteiger partial charge in [0.05, 0.1) is 26.5 Å². The largest absolute Gasteiger partial charge is 0.272 e. The molecule has 0 radical (unpaired) electrons. The summed E-state index contributed by atoms with van der Waals surface area (Å²) in [5.74, 6) is 0.